The number of carbonyl (C=O) groups is 4. The second-order valence-electron chi connectivity index (χ2n) is 9.99. The van der Waals surface area contributed by atoms with E-state index in [1.807, 2.05) is 42.5 Å². The first-order chi connectivity index (χ1) is 18.1. The van der Waals surface area contributed by atoms with E-state index in [1.165, 1.54) is 30.7 Å². The van der Waals surface area contributed by atoms with Crippen molar-refractivity contribution in [2.24, 2.45) is 5.73 Å². The maximum Gasteiger partial charge on any atom is 0.252 e. The van der Waals surface area contributed by atoms with Gasteiger partial charge in [0, 0.05) is 24.5 Å². The third-order valence-corrected chi connectivity index (χ3v) is 7.53. The number of rotatable bonds is 6. The SMILES string of the molecule is CC(=O)N1CCCC(NC(=O)[C@H](N)N(C)C(C)O)C(=O)N2C(C(=O)Nc3cccc4ccccc34)CC[C@H]12. The van der Waals surface area contributed by atoms with Crippen molar-refractivity contribution in [1.82, 2.24) is 20.0 Å². The zero-order valence-corrected chi connectivity index (χ0v) is 22.0. The molecule has 5 atom stereocenters. The summed E-state index contributed by atoms with van der Waals surface area (Å²) in [7, 11) is 1.50. The second-order valence-corrected chi connectivity index (χ2v) is 9.99. The third-order valence-electron chi connectivity index (χ3n) is 7.53. The molecule has 4 amide bonds. The fourth-order valence-corrected chi connectivity index (χ4v) is 5.30. The summed E-state index contributed by atoms with van der Waals surface area (Å²) in [5, 5.41) is 17.3. The molecule has 2 saturated heterocycles. The average molecular weight is 525 g/mol. The highest BCUT2D eigenvalue weighted by Gasteiger charge is 2.47. The van der Waals surface area contributed by atoms with Crippen LogP contribution in [-0.2, 0) is 19.2 Å². The molecule has 5 N–H and O–H groups in total. The lowest BCUT2D eigenvalue weighted by molar-refractivity contribution is -0.152. The minimum atomic E-state index is -1.17. The Morgan fingerprint density at radius 1 is 1.11 bits per heavy atom. The van der Waals surface area contributed by atoms with Gasteiger partial charge in [-0.1, -0.05) is 36.4 Å². The predicted molar refractivity (Wildman–Crippen MR) is 142 cm³/mol. The number of hydrogen-bond donors (Lipinski definition) is 4. The highest BCUT2D eigenvalue weighted by Crippen LogP contribution is 2.32. The predicted octanol–water partition coefficient (Wildman–Crippen LogP) is 0.777. The van der Waals surface area contributed by atoms with Gasteiger partial charge in [-0.2, -0.15) is 0 Å². The number of aliphatic hydroxyl groups excluding tert-OH is 1. The van der Waals surface area contributed by atoms with E-state index in [0.29, 0.717) is 31.5 Å². The Balaban J connectivity index is 1.60. The number of carbonyl (C=O) groups excluding carboxylic acids is 4. The van der Waals surface area contributed by atoms with Gasteiger partial charge in [0.25, 0.3) is 5.91 Å². The molecule has 4 rings (SSSR count). The maximum atomic E-state index is 13.9. The lowest BCUT2D eigenvalue weighted by Crippen LogP contribution is -2.63. The number of anilines is 1. The van der Waals surface area contributed by atoms with Crippen LogP contribution in [0, 0.1) is 0 Å². The molecule has 2 fully saturated rings. The lowest BCUT2D eigenvalue weighted by atomic mass is 10.1. The highest BCUT2D eigenvalue weighted by molar-refractivity contribution is 6.05. The molecule has 0 aromatic heterocycles. The first-order valence-electron chi connectivity index (χ1n) is 12.9. The Labute approximate surface area is 221 Å². The summed E-state index contributed by atoms with van der Waals surface area (Å²) in [6.45, 7) is 3.34. The van der Waals surface area contributed by atoms with Crippen molar-refractivity contribution < 1.29 is 24.3 Å². The molecule has 2 aliphatic rings. The number of aliphatic hydroxyl groups is 1. The molecule has 2 aliphatic heterocycles. The van der Waals surface area contributed by atoms with E-state index >= 15 is 0 Å². The van der Waals surface area contributed by atoms with Gasteiger partial charge in [0.1, 0.15) is 30.6 Å². The van der Waals surface area contributed by atoms with Gasteiger partial charge in [-0.15, -0.1) is 0 Å². The van der Waals surface area contributed by atoms with Crippen molar-refractivity contribution in [2.45, 2.75) is 70.2 Å². The monoisotopic (exact) mass is 524 g/mol. The Morgan fingerprint density at radius 3 is 2.53 bits per heavy atom. The van der Waals surface area contributed by atoms with Gasteiger partial charge < -0.3 is 31.3 Å². The zero-order chi connectivity index (χ0) is 27.6. The third kappa shape index (κ3) is 5.50. The van der Waals surface area contributed by atoms with E-state index in [2.05, 4.69) is 10.6 Å². The summed E-state index contributed by atoms with van der Waals surface area (Å²) in [5.41, 5.74) is 6.62. The Morgan fingerprint density at radius 2 is 1.82 bits per heavy atom. The molecule has 0 spiro atoms. The van der Waals surface area contributed by atoms with Crippen LogP contribution in [0.2, 0.25) is 0 Å². The standard InChI is InChI=1S/C27H36N6O5/c1-16(34)31(3)24(28)26(37)30-21-12-7-15-32(17(2)35)23-14-13-22(33(23)27(21)38)25(36)29-20-11-6-9-18-8-4-5-10-19(18)20/h4-6,8-11,16,21-24,34H,7,12-15,28H2,1-3H3,(H,29,36)(H,30,37)/t16?,21?,22?,23-,24-/m1/s1. The molecule has 2 aromatic carbocycles. The molecular weight excluding hydrogens is 488 g/mol. The molecule has 2 heterocycles. The van der Waals surface area contributed by atoms with Gasteiger partial charge in [0.05, 0.1) is 0 Å². The molecule has 204 valence electrons. The molecule has 0 radical (unpaired) electrons. The van der Waals surface area contributed by atoms with Gasteiger partial charge in [0.2, 0.25) is 17.7 Å². The van der Waals surface area contributed by atoms with E-state index in [-0.39, 0.29) is 18.2 Å². The van der Waals surface area contributed by atoms with E-state index in [4.69, 9.17) is 5.73 Å². The van der Waals surface area contributed by atoms with Crippen molar-refractivity contribution in [1.29, 1.82) is 0 Å². The molecule has 11 heteroatoms. The molecule has 0 bridgehead atoms. The highest BCUT2D eigenvalue weighted by atomic mass is 16.3. The molecular formula is C27H36N6O5. The van der Waals surface area contributed by atoms with Crippen LogP contribution < -0.4 is 16.4 Å². The van der Waals surface area contributed by atoms with Gasteiger partial charge in [0.15, 0.2) is 0 Å². The van der Waals surface area contributed by atoms with Gasteiger partial charge in [-0.3, -0.25) is 24.1 Å². The van der Waals surface area contributed by atoms with Crippen molar-refractivity contribution >= 4 is 40.1 Å². The van der Waals surface area contributed by atoms with Crippen LogP contribution in [0.5, 0.6) is 0 Å². The van der Waals surface area contributed by atoms with Crippen molar-refractivity contribution in [3.8, 4) is 0 Å². The summed E-state index contributed by atoms with van der Waals surface area (Å²) in [6.07, 6.45) is -1.11. The molecule has 0 aliphatic carbocycles. The van der Waals surface area contributed by atoms with Gasteiger partial charge in [-0.05, 0) is 51.1 Å². The topological polar surface area (TPSA) is 148 Å². The molecule has 2 aromatic rings. The number of nitrogens with one attached hydrogen (secondary N) is 2. The van der Waals surface area contributed by atoms with E-state index < -0.39 is 42.5 Å². The zero-order valence-electron chi connectivity index (χ0n) is 22.0. The van der Waals surface area contributed by atoms with Crippen LogP contribution >= 0.6 is 0 Å². The normalized spacial score (nSPS) is 23.4. The van der Waals surface area contributed by atoms with E-state index in [1.54, 1.807) is 4.90 Å². The number of amides is 4. The average Bonchev–Trinajstić information content (AvgIpc) is 3.32. The quantitative estimate of drug-likeness (QED) is 0.408. The van der Waals surface area contributed by atoms with Crippen LogP contribution in [0.15, 0.2) is 42.5 Å². The number of fused-ring (bicyclic) bond motifs is 2. The van der Waals surface area contributed by atoms with Crippen LogP contribution in [0.1, 0.15) is 39.5 Å². The smallest absolute Gasteiger partial charge is 0.252 e. The lowest BCUT2D eigenvalue weighted by Gasteiger charge is -2.41. The largest absolute Gasteiger partial charge is 0.379 e. The van der Waals surface area contributed by atoms with Crippen molar-refractivity contribution in [2.75, 3.05) is 18.9 Å². The minimum absolute atomic E-state index is 0.175. The number of hydrogen-bond acceptors (Lipinski definition) is 7. The number of nitrogens with zero attached hydrogens (tertiary/aromatic N) is 3. The van der Waals surface area contributed by atoms with Crippen molar-refractivity contribution in [3.63, 3.8) is 0 Å². The van der Waals surface area contributed by atoms with Crippen molar-refractivity contribution in [3.05, 3.63) is 42.5 Å². The van der Waals surface area contributed by atoms with E-state index in [0.717, 1.165) is 10.8 Å². The maximum absolute atomic E-state index is 13.9. The summed E-state index contributed by atoms with van der Waals surface area (Å²) < 4.78 is 0. The van der Waals surface area contributed by atoms with Crippen LogP contribution in [-0.4, -0.2) is 87.7 Å². The summed E-state index contributed by atoms with van der Waals surface area (Å²) in [5.74, 6) is -1.57. The molecule has 38 heavy (non-hydrogen) atoms. The number of benzene rings is 2. The summed E-state index contributed by atoms with van der Waals surface area (Å²) in [4.78, 5) is 57.2. The van der Waals surface area contributed by atoms with Crippen LogP contribution in [0.25, 0.3) is 10.8 Å². The summed E-state index contributed by atoms with van der Waals surface area (Å²) in [6, 6.07) is 11.6. The Hall–Kier alpha value is -3.54. The molecule has 3 unspecified atom stereocenters. The molecule has 11 nitrogen and oxygen atoms in total. The second kappa shape index (κ2) is 11.5. The van der Waals surface area contributed by atoms with Gasteiger partial charge in [-0.25, -0.2) is 0 Å². The van der Waals surface area contributed by atoms with E-state index in [9.17, 15) is 24.3 Å². The fraction of sp³-hybridized carbons (Fsp3) is 0.481. The summed E-state index contributed by atoms with van der Waals surface area (Å²) >= 11 is 0. The number of likely N-dealkylation sites (N-methyl/N-ethyl adjacent to an activating group) is 1. The number of nitrogens with two attached hydrogens (primary N) is 1. The van der Waals surface area contributed by atoms with Crippen LogP contribution in [0.3, 0.4) is 0 Å². The van der Waals surface area contributed by atoms with Gasteiger partial charge >= 0.3 is 0 Å². The fourth-order valence-electron chi connectivity index (χ4n) is 5.30. The first kappa shape index (κ1) is 27.5. The molecule has 0 saturated carbocycles. The Kier molecular flexibility index (Phi) is 8.29. The Bertz CT molecular complexity index is 1210. The van der Waals surface area contributed by atoms with Crippen LogP contribution in [0.4, 0.5) is 5.69 Å². The minimum Gasteiger partial charge on any atom is -0.379 e. The first-order valence-corrected chi connectivity index (χ1v) is 12.9.